The van der Waals surface area contributed by atoms with Crippen LogP contribution in [0.5, 0.6) is 5.75 Å². The van der Waals surface area contributed by atoms with Crippen LogP contribution in [0.1, 0.15) is 136 Å². The van der Waals surface area contributed by atoms with Crippen LogP contribution in [-0.2, 0) is 58.0 Å². The molecule has 3 fully saturated rings. The van der Waals surface area contributed by atoms with E-state index in [1.54, 1.807) is 24.5 Å². The molecule has 0 bridgehead atoms. The first-order chi connectivity index (χ1) is 47.8. The highest BCUT2D eigenvalue weighted by atomic mass is 19.1. The molecule has 5 heterocycles. The van der Waals surface area contributed by atoms with Crippen molar-refractivity contribution < 1.29 is 22.7 Å². The highest BCUT2D eigenvalue weighted by Crippen LogP contribution is 2.30. The first-order valence-electron chi connectivity index (χ1n) is 35.9. The van der Waals surface area contributed by atoms with Gasteiger partial charge in [-0.05, 0) is 184 Å². The number of likely N-dealkylation sites (N-methyl/N-ethyl adjacent to an activating group) is 1. The quantitative estimate of drug-likeness (QED) is 0.0319. The topological polar surface area (TPSA) is 131 Å². The molecular weight excluding hydrogens is 1230 g/mol. The Balaban J connectivity index is 0.000000160. The average molecular weight is 1330 g/mol. The van der Waals surface area contributed by atoms with Gasteiger partial charge < -0.3 is 15.7 Å². The van der Waals surface area contributed by atoms with Crippen molar-refractivity contribution >= 4 is 0 Å². The first-order valence-corrected chi connectivity index (χ1v) is 35.9. The van der Waals surface area contributed by atoms with Crippen LogP contribution < -0.4 is 10.6 Å². The second kappa shape index (κ2) is 38.3. The highest BCUT2D eigenvalue weighted by Gasteiger charge is 2.23. The Labute approximate surface area is 578 Å². The fourth-order valence-corrected chi connectivity index (χ4v) is 13.5. The van der Waals surface area contributed by atoms with Crippen molar-refractivity contribution in [1.29, 1.82) is 0 Å². The molecule has 6 aromatic carbocycles. The minimum atomic E-state index is -0.539. The van der Waals surface area contributed by atoms with Crippen molar-refractivity contribution in [2.75, 3.05) is 58.9 Å². The number of piperazine rings is 2. The van der Waals surface area contributed by atoms with E-state index in [0.717, 1.165) is 174 Å². The van der Waals surface area contributed by atoms with Crippen LogP contribution in [0.4, 0.5) is 17.6 Å². The third-order valence-electron chi connectivity index (χ3n) is 19.0. The van der Waals surface area contributed by atoms with Gasteiger partial charge in [0.05, 0.1) is 17.1 Å². The maximum atomic E-state index is 13.4. The number of nitrogens with one attached hydrogen (secondary N) is 2. The van der Waals surface area contributed by atoms with Gasteiger partial charge in [-0.25, -0.2) is 47.5 Å². The van der Waals surface area contributed by atoms with Crippen LogP contribution >= 0.6 is 0 Å². The Morgan fingerprint density at radius 1 is 0.510 bits per heavy atom. The standard InChI is InChI=1S/C28H35F2N5.C28H34N2O.C26H30F2N4/c1-2-34(15-16-35-13-11-31-12-14-35)21-23-6-3-7-24(17-23)27-9-10-32-28(33-27)8-4-5-22-18-25(29)20-26(30)19-22;31-26-17-15-23(16-18-26)11-6-14-28-29-20-19-27(30-28)25-13-5-12-24(21-25)10-4-3-9-22-7-1-2-8-22;1-18-16-32(19(2)15-30-18)17-21-6-3-7-22(11-21)25-9-10-29-26(31-25)8-4-5-20-12-23(27)14-24(28)13-20/h3,6-7,9-10,17-20,31H,2,4-5,8,11-16,21H2,1H3;5,12-13,15-22,31H,1-4,6-11,14H2;3,6-7,9-14,18-19,30H,4-5,8,15-17H2,1-2H3/t;;18-,19+/m..1/s1. The molecule has 3 aliphatic rings. The van der Waals surface area contributed by atoms with E-state index in [1.807, 2.05) is 36.5 Å². The lowest BCUT2D eigenvalue weighted by Crippen LogP contribution is -2.53. The number of aromatic hydroxyl groups is 1. The molecule has 2 atom stereocenters. The number of aryl methyl sites for hydroxylation is 7. The van der Waals surface area contributed by atoms with Crippen molar-refractivity contribution in [1.82, 2.24) is 55.2 Å². The zero-order valence-electron chi connectivity index (χ0n) is 57.7. The average Bonchev–Trinajstić information content (AvgIpc) is 1.04. The normalized spacial score (nSPS) is 16.0. The maximum absolute atomic E-state index is 13.4. The predicted molar refractivity (Wildman–Crippen MR) is 386 cm³/mol. The van der Waals surface area contributed by atoms with Crippen LogP contribution in [0.15, 0.2) is 170 Å². The molecule has 12 rings (SSSR count). The summed E-state index contributed by atoms with van der Waals surface area (Å²) in [6.07, 6.45) is 23.2. The number of unbranched alkanes of at least 4 members (excludes halogenated alkanes) is 1. The summed E-state index contributed by atoms with van der Waals surface area (Å²) in [5, 5.41) is 16.3. The second-order valence-electron chi connectivity index (χ2n) is 26.9. The highest BCUT2D eigenvalue weighted by molar-refractivity contribution is 5.61. The molecule has 2 saturated heterocycles. The lowest BCUT2D eigenvalue weighted by Gasteiger charge is -2.37. The number of hydrogen-bond acceptors (Lipinski definition) is 12. The Hall–Kier alpha value is -8.12. The summed E-state index contributed by atoms with van der Waals surface area (Å²) in [6.45, 7) is 18.2. The minimum Gasteiger partial charge on any atom is -0.508 e. The number of hydrogen-bond donors (Lipinski definition) is 3. The van der Waals surface area contributed by atoms with Crippen molar-refractivity contribution in [2.45, 2.75) is 155 Å². The monoisotopic (exact) mass is 1330 g/mol. The maximum Gasteiger partial charge on any atom is 0.128 e. The number of nitrogens with zero attached hydrogens (tertiary/aromatic N) is 9. The van der Waals surface area contributed by atoms with Crippen molar-refractivity contribution in [3.05, 3.63) is 244 Å². The molecule has 9 aromatic rings. The van der Waals surface area contributed by atoms with E-state index in [1.165, 1.54) is 97.0 Å². The molecule has 516 valence electrons. The van der Waals surface area contributed by atoms with Gasteiger partial charge in [0.25, 0.3) is 0 Å². The largest absolute Gasteiger partial charge is 0.508 e. The molecule has 0 unspecified atom stereocenters. The van der Waals surface area contributed by atoms with E-state index >= 15 is 0 Å². The van der Waals surface area contributed by atoms with E-state index in [2.05, 4.69) is 134 Å². The number of halogens is 4. The summed E-state index contributed by atoms with van der Waals surface area (Å²) < 4.78 is 53.6. The van der Waals surface area contributed by atoms with Gasteiger partial charge in [-0.15, -0.1) is 0 Å². The fraction of sp³-hybridized carbons (Fsp3) is 0.415. The summed E-state index contributed by atoms with van der Waals surface area (Å²) in [4.78, 5) is 35.1. The number of phenolic OH excluding ortho intramolecular Hbond substituents is 1. The van der Waals surface area contributed by atoms with Gasteiger partial charge in [-0.2, -0.15) is 0 Å². The predicted octanol–water partition coefficient (Wildman–Crippen LogP) is 16.0. The molecule has 2 aliphatic heterocycles. The van der Waals surface area contributed by atoms with Crippen LogP contribution in [0.3, 0.4) is 0 Å². The Bertz CT molecular complexity index is 3840. The Morgan fingerprint density at radius 3 is 1.52 bits per heavy atom. The van der Waals surface area contributed by atoms with Crippen LogP contribution in [0, 0.1) is 29.2 Å². The SMILES string of the molecule is CCN(CCN1CCNCC1)Cc1cccc(-c2ccnc(CCCc3cc(F)cc(F)c3)n2)c1.C[C@@H]1CN(Cc2cccc(-c3ccnc(CCCc4cc(F)cc(F)c4)n3)c2)[C@@H](C)CN1.Oc1ccc(CCCc2nccc(-c3cccc(CCCCC4CCCC4)c3)n2)cc1. The lowest BCUT2D eigenvalue weighted by atomic mass is 9.97. The molecule has 1 saturated carbocycles. The molecule has 3 N–H and O–H groups in total. The van der Waals surface area contributed by atoms with Crippen molar-refractivity contribution in [2.24, 2.45) is 5.92 Å². The number of rotatable bonds is 28. The van der Waals surface area contributed by atoms with Gasteiger partial charge in [0, 0.05) is 144 Å². The first kappa shape index (κ1) is 72.6. The van der Waals surface area contributed by atoms with E-state index < -0.39 is 23.3 Å². The molecule has 0 amide bonds. The molecule has 3 aromatic heterocycles. The van der Waals surface area contributed by atoms with E-state index in [0.29, 0.717) is 54.6 Å². The number of aromatic nitrogens is 6. The molecule has 16 heteroatoms. The molecular formula is C82H99F4N11O. The fourth-order valence-electron chi connectivity index (χ4n) is 13.5. The third-order valence-corrected chi connectivity index (χ3v) is 19.0. The van der Waals surface area contributed by atoms with Crippen molar-refractivity contribution in [3.63, 3.8) is 0 Å². The lowest BCUT2D eigenvalue weighted by molar-refractivity contribution is 0.139. The number of benzene rings is 6. The van der Waals surface area contributed by atoms with Gasteiger partial charge in [0.2, 0.25) is 0 Å². The third kappa shape index (κ3) is 24.1. The summed E-state index contributed by atoms with van der Waals surface area (Å²) >= 11 is 0. The molecule has 0 spiro atoms. The van der Waals surface area contributed by atoms with E-state index in [9.17, 15) is 22.7 Å². The van der Waals surface area contributed by atoms with Gasteiger partial charge in [-0.1, -0.05) is 112 Å². The zero-order chi connectivity index (χ0) is 68.3. The van der Waals surface area contributed by atoms with Gasteiger partial charge in [-0.3, -0.25) is 14.7 Å². The minimum absolute atomic E-state index is 0.316. The summed E-state index contributed by atoms with van der Waals surface area (Å²) in [5.74, 6) is 1.55. The Kier molecular flexibility index (Phi) is 28.4. The second-order valence-corrected chi connectivity index (χ2v) is 26.9. The molecule has 98 heavy (non-hydrogen) atoms. The summed E-state index contributed by atoms with van der Waals surface area (Å²) in [7, 11) is 0. The van der Waals surface area contributed by atoms with E-state index in [4.69, 9.17) is 15.0 Å². The van der Waals surface area contributed by atoms with Crippen LogP contribution in [0.2, 0.25) is 0 Å². The van der Waals surface area contributed by atoms with Gasteiger partial charge >= 0.3 is 0 Å². The smallest absolute Gasteiger partial charge is 0.128 e. The number of phenols is 1. The van der Waals surface area contributed by atoms with Crippen molar-refractivity contribution in [3.8, 4) is 39.5 Å². The molecule has 12 nitrogen and oxygen atoms in total. The van der Waals surface area contributed by atoms with Gasteiger partial charge in [0.15, 0.2) is 0 Å². The summed E-state index contributed by atoms with van der Waals surface area (Å²) in [5.41, 5.74) is 12.7. The molecule has 1 aliphatic carbocycles. The van der Waals surface area contributed by atoms with Crippen LogP contribution in [-0.4, -0.2) is 121 Å². The van der Waals surface area contributed by atoms with E-state index in [-0.39, 0.29) is 0 Å². The Morgan fingerprint density at radius 2 is 0.990 bits per heavy atom. The van der Waals surface area contributed by atoms with Crippen LogP contribution in [0.25, 0.3) is 33.8 Å². The van der Waals surface area contributed by atoms with Gasteiger partial charge in [0.1, 0.15) is 46.5 Å². The zero-order valence-corrected chi connectivity index (χ0v) is 57.7. The summed E-state index contributed by atoms with van der Waals surface area (Å²) in [6, 6.07) is 47.6. The molecule has 0 radical (unpaired) electrons.